The molecule has 0 bridgehead atoms. The van der Waals surface area contributed by atoms with Gasteiger partial charge in [-0.25, -0.2) is 24.3 Å². The van der Waals surface area contributed by atoms with Gasteiger partial charge in [0.2, 0.25) is 0 Å². The van der Waals surface area contributed by atoms with Gasteiger partial charge in [-0.3, -0.25) is 5.43 Å². The summed E-state index contributed by atoms with van der Waals surface area (Å²) in [5.41, 5.74) is 4.84. The van der Waals surface area contributed by atoms with E-state index in [1.807, 2.05) is 0 Å². The van der Waals surface area contributed by atoms with Gasteiger partial charge < -0.3 is 15.2 Å². The fourth-order valence-corrected chi connectivity index (χ4v) is 2.90. The Balaban J connectivity index is 1.58. The van der Waals surface area contributed by atoms with E-state index in [2.05, 4.69) is 35.8 Å². The first-order valence-corrected chi connectivity index (χ1v) is 9.27. The van der Waals surface area contributed by atoms with Crippen molar-refractivity contribution in [3.05, 3.63) is 65.5 Å². The minimum Gasteiger partial charge on any atom is -0.504 e. The number of aromatic hydroxyl groups is 1. The molecular weight excluding hydrogens is 425 g/mol. The zero-order chi connectivity index (χ0) is 21.8. The Morgan fingerprint density at radius 3 is 2.48 bits per heavy atom. The van der Waals surface area contributed by atoms with Crippen molar-refractivity contribution in [2.45, 2.75) is 0 Å². The normalized spacial score (nSPS) is 11.1. The number of hydrogen-bond acceptors (Lipinski definition) is 9. The fraction of sp³-hybridized carbons (Fsp3) is 0.0500. The van der Waals surface area contributed by atoms with E-state index in [9.17, 15) is 9.50 Å². The van der Waals surface area contributed by atoms with Crippen molar-refractivity contribution < 1.29 is 14.2 Å². The lowest BCUT2D eigenvalue weighted by Gasteiger charge is -2.09. The molecule has 0 saturated heterocycles. The van der Waals surface area contributed by atoms with Crippen LogP contribution in [0.4, 0.5) is 21.7 Å². The lowest BCUT2D eigenvalue weighted by atomic mass is 10.2. The molecule has 3 N–H and O–H groups in total. The van der Waals surface area contributed by atoms with Crippen LogP contribution < -0.4 is 15.5 Å². The van der Waals surface area contributed by atoms with E-state index in [-0.39, 0.29) is 10.8 Å². The van der Waals surface area contributed by atoms with Gasteiger partial charge in [-0.1, -0.05) is 11.6 Å². The minimum absolute atomic E-state index is 0.00305. The Hall–Kier alpha value is -4.05. The van der Waals surface area contributed by atoms with Gasteiger partial charge in [0, 0.05) is 5.69 Å². The zero-order valence-corrected chi connectivity index (χ0v) is 16.8. The third kappa shape index (κ3) is 4.43. The first-order chi connectivity index (χ1) is 15.0. The molecule has 31 heavy (non-hydrogen) atoms. The van der Waals surface area contributed by atoms with Crippen molar-refractivity contribution in [3.63, 3.8) is 0 Å². The zero-order valence-electron chi connectivity index (χ0n) is 16.0. The van der Waals surface area contributed by atoms with Gasteiger partial charge in [0.15, 0.2) is 23.1 Å². The highest BCUT2D eigenvalue weighted by atomic mass is 35.5. The number of hydrogen-bond donors (Lipinski definition) is 3. The predicted molar refractivity (Wildman–Crippen MR) is 116 cm³/mol. The van der Waals surface area contributed by atoms with Crippen LogP contribution in [-0.2, 0) is 0 Å². The highest BCUT2D eigenvalue weighted by Crippen LogP contribution is 2.27. The number of benzene rings is 2. The molecule has 2 heterocycles. The number of nitrogens with zero attached hydrogens (tertiary/aromatic N) is 5. The van der Waals surface area contributed by atoms with Crippen molar-refractivity contribution in [3.8, 4) is 11.5 Å². The lowest BCUT2D eigenvalue weighted by Crippen LogP contribution is -2.02. The number of aromatic nitrogens is 4. The number of rotatable bonds is 6. The van der Waals surface area contributed by atoms with Gasteiger partial charge in [-0.15, -0.1) is 0 Å². The minimum atomic E-state index is -0.517. The molecule has 0 amide bonds. The summed E-state index contributed by atoms with van der Waals surface area (Å²) in [5.74, 6) is 0.592. The second kappa shape index (κ2) is 8.76. The largest absolute Gasteiger partial charge is 0.504 e. The number of nitrogens with one attached hydrogen (secondary N) is 2. The van der Waals surface area contributed by atoms with Crippen LogP contribution in [0.1, 0.15) is 5.56 Å². The Labute approximate surface area is 180 Å². The van der Waals surface area contributed by atoms with Crippen molar-refractivity contribution in [2.75, 3.05) is 17.9 Å². The molecule has 9 nitrogen and oxygen atoms in total. The lowest BCUT2D eigenvalue weighted by molar-refractivity contribution is 0.373. The highest BCUT2D eigenvalue weighted by molar-refractivity contribution is 6.31. The number of anilines is 3. The molecule has 0 saturated carbocycles. The molecule has 156 valence electrons. The number of phenolic OH excluding ortho intramolecular Hbond substituents is 1. The Morgan fingerprint density at radius 1 is 1.03 bits per heavy atom. The molecule has 0 spiro atoms. The van der Waals surface area contributed by atoms with Gasteiger partial charge in [0.1, 0.15) is 29.5 Å². The summed E-state index contributed by atoms with van der Waals surface area (Å²) in [5, 5.41) is 17.0. The molecule has 2 aromatic carbocycles. The van der Waals surface area contributed by atoms with E-state index in [4.69, 9.17) is 16.3 Å². The van der Waals surface area contributed by atoms with Gasteiger partial charge >= 0.3 is 0 Å². The predicted octanol–water partition coefficient (Wildman–Crippen LogP) is 4.12. The summed E-state index contributed by atoms with van der Waals surface area (Å²) in [6.07, 6.45) is 4.19. The van der Waals surface area contributed by atoms with Crippen molar-refractivity contribution in [1.82, 2.24) is 19.9 Å². The average molecular weight is 440 g/mol. The van der Waals surface area contributed by atoms with E-state index in [0.717, 1.165) is 0 Å². The van der Waals surface area contributed by atoms with Crippen molar-refractivity contribution >= 4 is 46.2 Å². The molecule has 0 aliphatic rings. The summed E-state index contributed by atoms with van der Waals surface area (Å²) >= 11 is 5.84. The molecule has 11 heteroatoms. The maximum atomic E-state index is 13.4. The van der Waals surface area contributed by atoms with Gasteiger partial charge in [0.25, 0.3) is 0 Å². The van der Waals surface area contributed by atoms with Crippen LogP contribution >= 0.6 is 11.6 Å². The number of halogens is 2. The third-order valence-corrected chi connectivity index (χ3v) is 4.48. The average Bonchev–Trinajstić information content (AvgIpc) is 2.77. The first kappa shape index (κ1) is 20.2. The van der Waals surface area contributed by atoms with E-state index < -0.39 is 5.82 Å². The van der Waals surface area contributed by atoms with E-state index in [1.54, 1.807) is 12.1 Å². The number of ether oxygens (including phenoxy) is 1. The molecule has 0 radical (unpaired) electrons. The van der Waals surface area contributed by atoms with E-state index >= 15 is 0 Å². The monoisotopic (exact) mass is 439 g/mol. The molecule has 0 fully saturated rings. The molecule has 0 unspecified atom stereocenters. The van der Waals surface area contributed by atoms with E-state index in [0.29, 0.717) is 39.7 Å². The van der Waals surface area contributed by atoms with E-state index in [1.165, 1.54) is 50.2 Å². The Morgan fingerprint density at radius 2 is 1.77 bits per heavy atom. The van der Waals surface area contributed by atoms with Crippen LogP contribution in [-0.4, -0.2) is 38.4 Å². The smallest absolute Gasteiger partial charge is 0.176 e. The number of phenols is 1. The van der Waals surface area contributed by atoms with Crippen LogP contribution in [0, 0.1) is 5.82 Å². The molecule has 0 atom stereocenters. The van der Waals surface area contributed by atoms with Crippen LogP contribution in [0.25, 0.3) is 11.0 Å². The summed E-state index contributed by atoms with van der Waals surface area (Å²) in [6.45, 7) is 0. The van der Waals surface area contributed by atoms with Crippen LogP contribution in [0.15, 0.2) is 54.2 Å². The SMILES string of the molecule is COc1ccc(/C=N/Nc2ncnc3c(Nc4ccc(F)c(Cl)c4)ncnc23)cc1O. The first-order valence-electron chi connectivity index (χ1n) is 8.89. The molecule has 2 aromatic heterocycles. The molecule has 4 rings (SSSR count). The quantitative estimate of drug-likeness (QED) is 0.303. The summed E-state index contributed by atoms with van der Waals surface area (Å²) in [7, 11) is 1.47. The number of fused-ring (bicyclic) bond motifs is 1. The highest BCUT2D eigenvalue weighted by Gasteiger charge is 2.11. The van der Waals surface area contributed by atoms with Crippen LogP contribution in [0.3, 0.4) is 0 Å². The molecule has 0 aliphatic carbocycles. The second-order valence-electron chi connectivity index (χ2n) is 6.20. The van der Waals surface area contributed by atoms with Gasteiger partial charge in [0.05, 0.1) is 18.3 Å². The van der Waals surface area contributed by atoms with Gasteiger partial charge in [-0.2, -0.15) is 5.10 Å². The Bertz CT molecular complexity index is 1290. The van der Waals surface area contributed by atoms with Crippen LogP contribution in [0.2, 0.25) is 5.02 Å². The Kier molecular flexibility index (Phi) is 5.72. The maximum absolute atomic E-state index is 13.4. The standard InChI is InChI=1S/C20H15ClFN7O2/c1-31-16-5-2-11(6-15(16)30)8-27-29-20-18-17(23-10-26-20)19(25-9-24-18)28-12-3-4-14(22)13(21)7-12/h2-10,30H,1H3,(H,23,26,29)(H,24,25,28)/b27-8+. The molecule has 4 aromatic rings. The molecule has 0 aliphatic heterocycles. The summed E-state index contributed by atoms with van der Waals surface area (Å²) in [6, 6.07) is 9.11. The summed E-state index contributed by atoms with van der Waals surface area (Å²) in [4.78, 5) is 16.8. The maximum Gasteiger partial charge on any atom is 0.176 e. The second-order valence-corrected chi connectivity index (χ2v) is 6.60. The third-order valence-electron chi connectivity index (χ3n) is 4.19. The number of hydrazone groups is 1. The number of methoxy groups -OCH3 is 1. The van der Waals surface area contributed by atoms with Crippen molar-refractivity contribution in [2.24, 2.45) is 5.10 Å². The van der Waals surface area contributed by atoms with Gasteiger partial charge in [-0.05, 0) is 42.0 Å². The van der Waals surface area contributed by atoms with Crippen molar-refractivity contribution in [1.29, 1.82) is 0 Å². The topological polar surface area (TPSA) is 117 Å². The van der Waals surface area contributed by atoms with Crippen LogP contribution in [0.5, 0.6) is 11.5 Å². The summed E-state index contributed by atoms with van der Waals surface area (Å²) < 4.78 is 18.4. The fourth-order valence-electron chi connectivity index (χ4n) is 2.72. The molecular formula is C20H15ClFN7O2.